The predicted octanol–water partition coefficient (Wildman–Crippen LogP) is 3.67. The van der Waals surface area contributed by atoms with Crippen molar-refractivity contribution in [3.63, 3.8) is 0 Å². The van der Waals surface area contributed by atoms with Crippen LogP contribution >= 0.6 is 0 Å². The second-order valence-corrected chi connectivity index (χ2v) is 6.87. The van der Waals surface area contributed by atoms with Crippen molar-refractivity contribution < 1.29 is 23.5 Å². The molecule has 0 saturated carbocycles. The van der Waals surface area contributed by atoms with E-state index in [4.69, 9.17) is 5.21 Å². The molecule has 0 radical (unpaired) electrons. The molecule has 2 unspecified atom stereocenters. The van der Waals surface area contributed by atoms with E-state index in [2.05, 4.69) is 16.7 Å². The molecular weight excluding hydrogens is 383 g/mol. The third-order valence-electron chi connectivity index (χ3n) is 4.86. The van der Waals surface area contributed by atoms with Crippen molar-refractivity contribution in [2.75, 3.05) is 13.1 Å². The van der Waals surface area contributed by atoms with Gasteiger partial charge in [0, 0.05) is 18.0 Å². The molecule has 1 aromatic carbocycles. The minimum Gasteiger partial charge on any atom is -0.411 e. The van der Waals surface area contributed by atoms with Crippen LogP contribution < -0.4 is 0 Å². The maximum atomic E-state index is 13.7. The van der Waals surface area contributed by atoms with Crippen LogP contribution in [0.4, 0.5) is 13.2 Å². The second kappa shape index (κ2) is 8.18. The van der Waals surface area contributed by atoms with Crippen molar-refractivity contribution in [2.45, 2.75) is 17.6 Å². The Morgan fingerprint density at radius 2 is 1.97 bits per heavy atom. The number of hydrogen-bond donors (Lipinski definition) is 2. The zero-order valence-electron chi connectivity index (χ0n) is 15.4. The average molecular weight is 403 g/mol. The van der Waals surface area contributed by atoms with Crippen LogP contribution in [0.3, 0.4) is 0 Å². The predicted molar refractivity (Wildman–Crippen MR) is 102 cm³/mol. The Kier molecular flexibility index (Phi) is 5.86. The van der Waals surface area contributed by atoms with E-state index in [1.807, 2.05) is 0 Å². The number of nitrogens with zero attached hydrogens (tertiary/aromatic N) is 3. The van der Waals surface area contributed by atoms with Crippen molar-refractivity contribution in [3.8, 4) is 0 Å². The van der Waals surface area contributed by atoms with Crippen LogP contribution in [-0.4, -0.2) is 45.4 Å². The Morgan fingerprint density at radius 3 is 2.52 bits per heavy atom. The molecule has 1 aromatic heterocycles. The molecule has 8 heteroatoms. The van der Waals surface area contributed by atoms with Gasteiger partial charge in [0.15, 0.2) is 0 Å². The first kappa shape index (κ1) is 20.8. The van der Waals surface area contributed by atoms with Crippen LogP contribution in [0.5, 0.6) is 0 Å². The topological polar surface area (TPSA) is 69.0 Å². The number of aromatic nitrogens is 1. The molecule has 2 aromatic rings. The molecule has 152 valence electrons. The lowest BCUT2D eigenvalue weighted by atomic mass is 9.76. The summed E-state index contributed by atoms with van der Waals surface area (Å²) in [6.45, 7) is 2.79. The highest BCUT2D eigenvalue weighted by molar-refractivity contribution is 5.71. The lowest BCUT2D eigenvalue weighted by molar-refractivity contribution is -0.175. The van der Waals surface area contributed by atoms with Crippen LogP contribution in [0.1, 0.15) is 17.2 Å². The molecule has 0 bridgehead atoms. The van der Waals surface area contributed by atoms with Crippen LogP contribution in [0, 0.1) is 5.82 Å². The standard InChI is InChI=1S/C21H20F3N3O2/c1-15(4-2-11-26-29)21(28,17-5-3-10-25-12-17)19(27-13-20(23,24)14-27)16-6-8-18(22)9-7-16/h2-12,19,28-29H,1,13-14H2/b4-2-,26-11+. The molecule has 3 rings (SSSR count). The van der Waals surface area contributed by atoms with Crippen LogP contribution in [-0.2, 0) is 5.60 Å². The summed E-state index contributed by atoms with van der Waals surface area (Å²) in [5.74, 6) is -3.36. The van der Waals surface area contributed by atoms with Gasteiger partial charge in [-0.15, -0.1) is 0 Å². The normalized spacial score (nSPS) is 19.7. The highest BCUT2D eigenvalue weighted by Crippen LogP contribution is 2.48. The SMILES string of the molecule is C=C(/C=C\C=N\O)C(O)(c1cccnc1)C(c1ccc(F)cc1)N1CC(F)(F)C1. The van der Waals surface area contributed by atoms with Gasteiger partial charge in [-0.25, -0.2) is 13.2 Å². The molecule has 2 heterocycles. The van der Waals surface area contributed by atoms with Crippen LogP contribution in [0.15, 0.2) is 78.3 Å². The molecular formula is C21H20F3N3O2. The van der Waals surface area contributed by atoms with Crippen molar-refractivity contribution in [3.05, 3.63) is 90.0 Å². The second-order valence-electron chi connectivity index (χ2n) is 6.87. The largest absolute Gasteiger partial charge is 0.411 e. The van der Waals surface area contributed by atoms with Gasteiger partial charge < -0.3 is 10.3 Å². The van der Waals surface area contributed by atoms with E-state index < -0.39 is 36.5 Å². The first-order valence-corrected chi connectivity index (χ1v) is 8.81. The number of alkyl halides is 2. The van der Waals surface area contributed by atoms with Crippen LogP contribution in [0.2, 0.25) is 0 Å². The fourth-order valence-electron chi connectivity index (χ4n) is 3.52. The molecule has 0 spiro atoms. The molecule has 29 heavy (non-hydrogen) atoms. The van der Waals surface area contributed by atoms with E-state index in [0.29, 0.717) is 11.1 Å². The summed E-state index contributed by atoms with van der Waals surface area (Å²) in [6, 6.07) is 7.56. The summed E-state index contributed by atoms with van der Waals surface area (Å²) in [6.07, 6.45) is 6.80. The highest BCUT2D eigenvalue weighted by atomic mass is 19.3. The summed E-state index contributed by atoms with van der Waals surface area (Å²) >= 11 is 0. The molecule has 2 N–H and O–H groups in total. The first-order valence-electron chi connectivity index (χ1n) is 8.81. The van der Waals surface area contributed by atoms with E-state index in [9.17, 15) is 18.3 Å². The van der Waals surface area contributed by atoms with Crippen molar-refractivity contribution in [1.82, 2.24) is 9.88 Å². The van der Waals surface area contributed by atoms with E-state index in [1.54, 1.807) is 12.1 Å². The molecule has 0 amide bonds. The minimum absolute atomic E-state index is 0.162. The van der Waals surface area contributed by atoms with Gasteiger partial charge in [0.2, 0.25) is 0 Å². The van der Waals surface area contributed by atoms with Gasteiger partial charge in [-0.2, -0.15) is 0 Å². The fourth-order valence-corrected chi connectivity index (χ4v) is 3.52. The number of halogens is 3. The van der Waals surface area contributed by atoms with Crippen LogP contribution in [0.25, 0.3) is 0 Å². The van der Waals surface area contributed by atoms with Crippen molar-refractivity contribution >= 4 is 6.21 Å². The van der Waals surface area contributed by atoms with Gasteiger partial charge in [-0.1, -0.05) is 36.0 Å². The summed E-state index contributed by atoms with van der Waals surface area (Å²) in [4.78, 5) is 5.45. The van der Waals surface area contributed by atoms with E-state index in [1.165, 1.54) is 53.7 Å². The summed E-state index contributed by atoms with van der Waals surface area (Å²) in [5.41, 5.74) is -0.920. The number of pyridine rings is 1. The number of hydrogen-bond acceptors (Lipinski definition) is 5. The summed E-state index contributed by atoms with van der Waals surface area (Å²) in [7, 11) is 0. The molecule has 1 fully saturated rings. The van der Waals surface area contributed by atoms with Crippen molar-refractivity contribution in [1.29, 1.82) is 0 Å². The van der Waals surface area contributed by atoms with Crippen molar-refractivity contribution in [2.24, 2.45) is 5.16 Å². The number of oxime groups is 1. The summed E-state index contributed by atoms with van der Waals surface area (Å²) < 4.78 is 40.9. The molecule has 1 aliphatic rings. The number of likely N-dealkylation sites (tertiary alicyclic amines) is 1. The number of rotatable bonds is 7. The Bertz CT molecular complexity index is 909. The number of allylic oxidation sites excluding steroid dienone is 1. The Labute approximate surface area is 166 Å². The lowest BCUT2D eigenvalue weighted by Gasteiger charge is -2.50. The Morgan fingerprint density at radius 1 is 1.28 bits per heavy atom. The Balaban J connectivity index is 2.14. The molecule has 5 nitrogen and oxygen atoms in total. The van der Waals surface area contributed by atoms with E-state index >= 15 is 0 Å². The zero-order chi connectivity index (χ0) is 21.1. The number of benzene rings is 1. The number of aliphatic hydroxyl groups is 1. The minimum atomic E-state index is -2.88. The van der Waals surface area contributed by atoms with Gasteiger partial charge in [0.05, 0.1) is 25.3 Å². The molecule has 1 saturated heterocycles. The van der Waals surface area contributed by atoms with Gasteiger partial charge in [-0.3, -0.25) is 9.88 Å². The molecule has 1 aliphatic heterocycles. The fraction of sp³-hybridized carbons (Fsp3) is 0.238. The average Bonchev–Trinajstić information content (AvgIpc) is 2.68. The third kappa shape index (κ3) is 4.23. The molecule has 2 atom stereocenters. The maximum Gasteiger partial charge on any atom is 0.272 e. The van der Waals surface area contributed by atoms with Gasteiger partial charge in [-0.05, 0) is 35.4 Å². The van der Waals surface area contributed by atoms with Gasteiger partial charge in [0.1, 0.15) is 11.4 Å². The first-order chi connectivity index (χ1) is 13.8. The monoisotopic (exact) mass is 403 g/mol. The zero-order valence-corrected chi connectivity index (χ0v) is 15.4. The van der Waals surface area contributed by atoms with Gasteiger partial charge in [0.25, 0.3) is 5.92 Å². The highest BCUT2D eigenvalue weighted by Gasteiger charge is 2.54. The smallest absolute Gasteiger partial charge is 0.272 e. The summed E-state index contributed by atoms with van der Waals surface area (Å²) in [5, 5.41) is 23.3. The Hall–Kier alpha value is -2.97. The molecule has 0 aliphatic carbocycles. The lowest BCUT2D eigenvalue weighted by Crippen LogP contribution is -2.61. The van der Waals surface area contributed by atoms with Gasteiger partial charge >= 0.3 is 0 Å². The quantitative estimate of drug-likeness (QED) is 0.320. The third-order valence-corrected chi connectivity index (χ3v) is 4.86. The van der Waals surface area contributed by atoms with E-state index in [-0.39, 0.29) is 5.57 Å². The maximum absolute atomic E-state index is 13.7. The van der Waals surface area contributed by atoms with E-state index in [0.717, 1.165) is 6.21 Å².